The zero-order chi connectivity index (χ0) is 21.7. The van der Waals surface area contributed by atoms with Crippen molar-refractivity contribution in [2.45, 2.75) is 20.8 Å². The van der Waals surface area contributed by atoms with Gasteiger partial charge in [-0.05, 0) is 68.8 Å². The summed E-state index contributed by atoms with van der Waals surface area (Å²) in [5.41, 5.74) is 5.25. The molecule has 0 unspecified atom stereocenters. The molecule has 1 aromatic heterocycles. The van der Waals surface area contributed by atoms with Crippen molar-refractivity contribution in [3.63, 3.8) is 0 Å². The van der Waals surface area contributed by atoms with Gasteiger partial charge in [0.05, 0.1) is 16.4 Å². The maximum Gasteiger partial charge on any atom is 0.274 e. The molecule has 0 radical (unpaired) electrons. The molecule has 6 heteroatoms. The Labute approximate surface area is 186 Å². The van der Waals surface area contributed by atoms with Crippen LogP contribution >= 0.6 is 23.2 Å². The molecule has 3 rings (SSSR count). The maximum atomic E-state index is 12.5. The average molecular weight is 438 g/mol. The van der Waals surface area contributed by atoms with Gasteiger partial charge in [-0.15, -0.1) is 0 Å². The lowest BCUT2D eigenvalue weighted by Gasteiger charge is -2.11. The number of carbonyl (C=O) groups is 1. The van der Waals surface area contributed by atoms with Gasteiger partial charge in [0.1, 0.15) is 10.8 Å². The van der Waals surface area contributed by atoms with Crippen LogP contribution in [0, 0.1) is 6.92 Å². The van der Waals surface area contributed by atoms with Gasteiger partial charge in [-0.1, -0.05) is 53.0 Å². The van der Waals surface area contributed by atoms with Crippen molar-refractivity contribution < 1.29 is 4.79 Å². The first-order valence-corrected chi connectivity index (χ1v) is 10.1. The first kappa shape index (κ1) is 21.8. The van der Waals surface area contributed by atoms with Gasteiger partial charge < -0.3 is 5.32 Å². The third-order valence-electron chi connectivity index (χ3n) is 4.23. The Bertz CT molecular complexity index is 1150. The number of aromatic nitrogens is 1. The van der Waals surface area contributed by atoms with E-state index in [0.717, 1.165) is 22.4 Å². The second kappa shape index (κ2) is 9.70. The molecule has 0 saturated carbocycles. The molecule has 3 aromatic rings. The first-order valence-electron chi connectivity index (χ1n) is 9.36. The second-order valence-corrected chi connectivity index (χ2v) is 7.79. The Hall–Kier alpha value is -2.95. The van der Waals surface area contributed by atoms with Crippen LogP contribution in [0.15, 0.2) is 77.3 Å². The van der Waals surface area contributed by atoms with Crippen LogP contribution in [0.2, 0.25) is 10.2 Å². The van der Waals surface area contributed by atoms with E-state index >= 15 is 0 Å². The van der Waals surface area contributed by atoms with E-state index in [4.69, 9.17) is 28.2 Å². The molecule has 0 bridgehead atoms. The normalized spacial score (nSPS) is 11.2. The summed E-state index contributed by atoms with van der Waals surface area (Å²) in [7, 11) is 0. The predicted octanol–water partition coefficient (Wildman–Crippen LogP) is 7.04. The highest BCUT2D eigenvalue weighted by Crippen LogP contribution is 2.26. The highest BCUT2D eigenvalue weighted by atomic mass is 35.5. The molecule has 0 atom stereocenters. The van der Waals surface area contributed by atoms with Gasteiger partial charge in [0, 0.05) is 11.3 Å². The van der Waals surface area contributed by atoms with Gasteiger partial charge in [-0.3, -0.25) is 4.79 Å². The van der Waals surface area contributed by atoms with Crippen molar-refractivity contribution in [3.05, 3.63) is 99.3 Å². The number of benzene rings is 2. The zero-order valence-electron chi connectivity index (χ0n) is 16.9. The van der Waals surface area contributed by atoms with E-state index in [-0.39, 0.29) is 16.8 Å². The van der Waals surface area contributed by atoms with E-state index in [9.17, 15) is 4.79 Å². The number of amides is 1. The predicted molar refractivity (Wildman–Crippen MR) is 125 cm³/mol. The monoisotopic (exact) mass is 437 g/mol. The van der Waals surface area contributed by atoms with E-state index in [1.165, 1.54) is 0 Å². The molecule has 0 saturated heterocycles. The third-order valence-corrected chi connectivity index (χ3v) is 4.77. The second-order valence-electron chi connectivity index (χ2n) is 7.00. The number of allylic oxidation sites excluding steroid dienone is 2. The van der Waals surface area contributed by atoms with Gasteiger partial charge >= 0.3 is 0 Å². The molecule has 0 spiro atoms. The number of nitrogens with zero attached hydrogens (tertiary/aromatic N) is 2. The number of pyridine rings is 1. The Morgan fingerprint density at radius 2 is 1.80 bits per heavy atom. The fourth-order valence-corrected chi connectivity index (χ4v) is 3.17. The molecule has 4 nitrogen and oxygen atoms in total. The van der Waals surface area contributed by atoms with Gasteiger partial charge in [0.2, 0.25) is 0 Å². The lowest BCUT2D eigenvalue weighted by molar-refractivity contribution is 0.102. The van der Waals surface area contributed by atoms with Crippen molar-refractivity contribution in [1.29, 1.82) is 0 Å². The molecule has 1 heterocycles. The average Bonchev–Trinajstić information content (AvgIpc) is 2.70. The van der Waals surface area contributed by atoms with Crippen LogP contribution in [0.3, 0.4) is 0 Å². The standard InChI is InChI=1S/C24H21Cl2N3O/c1-15(2)13-22(28-20-8-5-4-7-16(20)3)18-14-17(11-12-19(18)25)27-24(30)21-9-6-10-23(26)29-21/h4-14H,1-3H3,(H,27,30). The van der Waals surface area contributed by atoms with Gasteiger partial charge in [0.15, 0.2) is 0 Å². The summed E-state index contributed by atoms with van der Waals surface area (Å²) in [5, 5.41) is 3.64. The van der Waals surface area contributed by atoms with Gasteiger partial charge in [-0.25, -0.2) is 9.98 Å². The number of hydrogen-bond donors (Lipinski definition) is 1. The summed E-state index contributed by atoms with van der Waals surface area (Å²) in [4.78, 5) is 21.4. The fraction of sp³-hybridized carbons (Fsp3) is 0.125. The van der Waals surface area contributed by atoms with E-state index in [1.807, 2.05) is 51.1 Å². The zero-order valence-corrected chi connectivity index (χ0v) is 18.4. The molecule has 0 fully saturated rings. The summed E-state index contributed by atoms with van der Waals surface area (Å²) < 4.78 is 0. The van der Waals surface area contributed by atoms with Crippen LogP contribution < -0.4 is 5.32 Å². The van der Waals surface area contributed by atoms with Crippen LogP contribution in [0.4, 0.5) is 11.4 Å². The summed E-state index contributed by atoms with van der Waals surface area (Å²) >= 11 is 12.4. The number of para-hydroxylation sites is 1. The smallest absolute Gasteiger partial charge is 0.274 e. The van der Waals surface area contributed by atoms with Crippen LogP contribution in [-0.2, 0) is 0 Å². The van der Waals surface area contributed by atoms with E-state index in [2.05, 4.69) is 10.3 Å². The number of halogens is 2. The van der Waals surface area contributed by atoms with Crippen molar-refractivity contribution >= 4 is 46.2 Å². The third kappa shape index (κ3) is 5.56. The highest BCUT2D eigenvalue weighted by molar-refractivity contribution is 6.35. The van der Waals surface area contributed by atoms with Gasteiger partial charge in [0.25, 0.3) is 5.91 Å². The van der Waals surface area contributed by atoms with Crippen molar-refractivity contribution in [2.75, 3.05) is 5.32 Å². The summed E-state index contributed by atoms with van der Waals surface area (Å²) in [5.74, 6) is -0.356. The topological polar surface area (TPSA) is 54.4 Å². The molecular formula is C24H21Cl2N3O. The van der Waals surface area contributed by atoms with E-state index < -0.39 is 0 Å². The number of hydrogen-bond acceptors (Lipinski definition) is 3. The summed E-state index contributed by atoms with van der Waals surface area (Å²) in [6.45, 7) is 6.00. The molecule has 1 amide bonds. The molecule has 0 aliphatic carbocycles. The number of aliphatic imine (C=N–C) groups is 1. The van der Waals surface area contributed by atoms with E-state index in [1.54, 1.807) is 36.4 Å². The minimum Gasteiger partial charge on any atom is -0.321 e. The van der Waals surface area contributed by atoms with Crippen molar-refractivity contribution in [3.8, 4) is 0 Å². The van der Waals surface area contributed by atoms with E-state index in [0.29, 0.717) is 16.4 Å². The Kier molecular flexibility index (Phi) is 7.03. The molecule has 152 valence electrons. The number of aryl methyl sites for hydroxylation is 1. The molecule has 30 heavy (non-hydrogen) atoms. The number of anilines is 1. The molecule has 1 N–H and O–H groups in total. The minimum absolute atomic E-state index is 0.233. The molecule has 0 aliphatic rings. The van der Waals surface area contributed by atoms with Crippen LogP contribution in [-0.4, -0.2) is 16.6 Å². The molecule has 0 aliphatic heterocycles. The molecule has 2 aromatic carbocycles. The minimum atomic E-state index is -0.356. The molecular weight excluding hydrogens is 417 g/mol. The Balaban J connectivity index is 2.00. The van der Waals surface area contributed by atoms with Crippen LogP contribution in [0.25, 0.3) is 0 Å². The largest absolute Gasteiger partial charge is 0.321 e. The first-order chi connectivity index (χ1) is 14.3. The number of nitrogens with one attached hydrogen (secondary N) is 1. The Morgan fingerprint density at radius 1 is 1.03 bits per heavy atom. The lowest BCUT2D eigenvalue weighted by atomic mass is 10.1. The van der Waals surface area contributed by atoms with Crippen LogP contribution in [0.1, 0.15) is 35.5 Å². The summed E-state index contributed by atoms with van der Waals surface area (Å²) in [6.07, 6.45) is 1.97. The SMILES string of the molecule is CC(C)=CC(=Nc1ccccc1C)c1cc(NC(=O)c2cccc(Cl)n2)ccc1Cl. The Morgan fingerprint density at radius 3 is 2.50 bits per heavy atom. The van der Waals surface area contributed by atoms with Crippen molar-refractivity contribution in [1.82, 2.24) is 4.98 Å². The maximum absolute atomic E-state index is 12.5. The highest BCUT2D eigenvalue weighted by Gasteiger charge is 2.12. The van der Waals surface area contributed by atoms with Crippen LogP contribution in [0.5, 0.6) is 0 Å². The van der Waals surface area contributed by atoms with Gasteiger partial charge in [-0.2, -0.15) is 0 Å². The number of carbonyl (C=O) groups excluding carboxylic acids is 1. The lowest BCUT2D eigenvalue weighted by Crippen LogP contribution is -2.14. The number of rotatable bonds is 5. The van der Waals surface area contributed by atoms with Crippen molar-refractivity contribution in [2.24, 2.45) is 4.99 Å². The summed E-state index contributed by atoms with van der Waals surface area (Å²) in [6, 6.07) is 18.1. The quantitative estimate of drug-likeness (QED) is 0.343. The fourth-order valence-electron chi connectivity index (χ4n) is 2.79.